The van der Waals surface area contributed by atoms with Crippen LogP contribution in [-0.2, 0) is 9.47 Å². The fraction of sp³-hybridized carbons (Fsp3) is 0.550. The van der Waals surface area contributed by atoms with E-state index >= 15 is 0 Å². The maximum atomic E-state index is 5.49. The van der Waals surface area contributed by atoms with Crippen LogP contribution in [0.1, 0.15) is 25.3 Å². The number of nitrogens with one attached hydrogen (secondary N) is 1. The average molecular weight is 473 g/mol. The molecule has 0 spiro atoms. The number of likely N-dealkylation sites (tertiary alicyclic amines) is 1. The fourth-order valence-corrected chi connectivity index (χ4v) is 2.82. The second-order valence-electron chi connectivity index (χ2n) is 6.04. The fourth-order valence-electron chi connectivity index (χ4n) is 2.82. The van der Waals surface area contributed by atoms with Crippen LogP contribution < -0.4 is 5.32 Å². The van der Waals surface area contributed by atoms with Gasteiger partial charge in [-0.2, -0.15) is 0 Å². The maximum Gasteiger partial charge on any atom is 0.194 e. The monoisotopic (exact) mass is 473 g/mol. The molecule has 1 heterocycles. The van der Waals surface area contributed by atoms with Crippen LogP contribution in [0.25, 0.3) is 6.08 Å². The van der Waals surface area contributed by atoms with Gasteiger partial charge in [0.1, 0.15) is 0 Å². The van der Waals surface area contributed by atoms with Gasteiger partial charge in [-0.15, -0.1) is 24.0 Å². The van der Waals surface area contributed by atoms with Crippen LogP contribution in [0.5, 0.6) is 0 Å². The first-order valence-corrected chi connectivity index (χ1v) is 9.18. The molecule has 1 aromatic carbocycles. The minimum Gasteiger partial charge on any atom is -0.382 e. The van der Waals surface area contributed by atoms with Gasteiger partial charge in [-0.25, -0.2) is 0 Å². The Morgan fingerprint density at radius 1 is 1.15 bits per heavy atom. The van der Waals surface area contributed by atoms with Crippen molar-refractivity contribution in [2.75, 3.05) is 53.1 Å². The first-order valence-electron chi connectivity index (χ1n) is 9.18. The molecular weight excluding hydrogens is 441 g/mol. The number of methoxy groups -OCH3 is 1. The van der Waals surface area contributed by atoms with Crippen molar-refractivity contribution in [2.24, 2.45) is 4.99 Å². The molecule has 0 aromatic heterocycles. The Hall–Kier alpha value is -1.12. The quantitative estimate of drug-likeness (QED) is 0.272. The molecule has 1 aliphatic heterocycles. The summed E-state index contributed by atoms with van der Waals surface area (Å²) in [6, 6.07) is 10.6. The van der Waals surface area contributed by atoms with E-state index in [1.54, 1.807) is 7.11 Å². The third kappa shape index (κ3) is 8.51. The molecule has 0 amide bonds. The lowest BCUT2D eigenvalue weighted by atomic mass is 10.0. The second kappa shape index (κ2) is 14.0. The third-order valence-electron chi connectivity index (χ3n) is 4.14. The minimum atomic E-state index is 0. The van der Waals surface area contributed by atoms with E-state index in [4.69, 9.17) is 9.47 Å². The van der Waals surface area contributed by atoms with Crippen molar-refractivity contribution in [3.63, 3.8) is 0 Å². The summed E-state index contributed by atoms with van der Waals surface area (Å²) in [5.41, 5.74) is 2.81. The van der Waals surface area contributed by atoms with Crippen LogP contribution in [0.3, 0.4) is 0 Å². The van der Waals surface area contributed by atoms with E-state index in [1.807, 2.05) is 0 Å². The summed E-state index contributed by atoms with van der Waals surface area (Å²) < 4.78 is 10.5. The molecule has 1 aliphatic rings. The Morgan fingerprint density at radius 3 is 2.54 bits per heavy atom. The molecule has 26 heavy (non-hydrogen) atoms. The van der Waals surface area contributed by atoms with Crippen molar-refractivity contribution in [3.05, 3.63) is 41.5 Å². The standard InChI is InChI=1S/C20H31N3O2.HI/c1-3-21-20(22-11-14-25-16-15-24-2)23-12-9-19(10-13-23)17-18-7-5-4-6-8-18;/h4-8,17H,3,9-16H2,1-2H3,(H,21,22);1H. The highest BCUT2D eigenvalue weighted by Crippen LogP contribution is 2.19. The maximum absolute atomic E-state index is 5.49. The van der Waals surface area contributed by atoms with Crippen molar-refractivity contribution < 1.29 is 9.47 Å². The SMILES string of the molecule is CCNC(=NCCOCCOC)N1CCC(=Cc2ccccc2)CC1.I. The normalized spacial score (nSPS) is 14.8. The Kier molecular flexibility index (Phi) is 12.3. The van der Waals surface area contributed by atoms with Gasteiger partial charge in [0.2, 0.25) is 0 Å². The predicted molar refractivity (Wildman–Crippen MR) is 119 cm³/mol. The number of ether oxygens (including phenoxy) is 2. The van der Waals surface area contributed by atoms with Crippen molar-refractivity contribution in [1.82, 2.24) is 10.2 Å². The summed E-state index contributed by atoms with van der Waals surface area (Å²) in [4.78, 5) is 7.04. The zero-order valence-electron chi connectivity index (χ0n) is 15.9. The van der Waals surface area contributed by atoms with Crippen LogP contribution in [0.2, 0.25) is 0 Å². The van der Waals surface area contributed by atoms with Gasteiger partial charge in [-0.05, 0) is 25.3 Å². The van der Waals surface area contributed by atoms with Crippen molar-refractivity contribution in [2.45, 2.75) is 19.8 Å². The van der Waals surface area contributed by atoms with Gasteiger partial charge >= 0.3 is 0 Å². The Bertz CT molecular complexity index is 539. The molecule has 0 unspecified atom stereocenters. The highest BCUT2D eigenvalue weighted by Gasteiger charge is 2.17. The Labute approximate surface area is 174 Å². The van der Waals surface area contributed by atoms with Gasteiger partial charge in [-0.1, -0.05) is 42.0 Å². The zero-order chi connectivity index (χ0) is 17.7. The largest absolute Gasteiger partial charge is 0.382 e. The summed E-state index contributed by atoms with van der Waals surface area (Å²) in [6.07, 6.45) is 4.50. The summed E-state index contributed by atoms with van der Waals surface area (Å²) in [6.45, 7) is 7.57. The first-order chi connectivity index (χ1) is 12.3. The molecule has 5 nitrogen and oxygen atoms in total. The lowest BCUT2D eigenvalue weighted by Gasteiger charge is -2.31. The van der Waals surface area contributed by atoms with E-state index in [0.717, 1.165) is 38.4 Å². The lowest BCUT2D eigenvalue weighted by molar-refractivity contribution is 0.0747. The third-order valence-corrected chi connectivity index (χ3v) is 4.14. The summed E-state index contributed by atoms with van der Waals surface area (Å²) >= 11 is 0. The summed E-state index contributed by atoms with van der Waals surface area (Å²) in [5, 5.41) is 3.40. The Balaban J connectivity index is 0.00000338. The van der Waals surface area contributed by atoms with E-state index in [1.165, 1.54) is 11.1 Å². The zero-order valence-corrected chi connectivity index (χ0v) is 18.3. The van der Waals surface area contributed by atoms with Gasteiger partial charge in [0.15, 0.2) is 5.96 Å². The van der Waals surface area contributed by atoms with Crippen LogP contribution in [0.15, 0.2) is 40.9 Å². The Morgan fingerprint density at radius 2 is 1.88 bits per heavy atom. The topological polar surface area (TPSA) is 46.1 Å². The molecule has 1 N–H and O–H groups in total. The summed E-state index contributed by atoms with van der Waals surface area (Å²) in [5.74, 6) is 0.997. The number of aliphatic imine (C=N–C) groups is 1. The number of hydrogen-bond acceptors (Lipinski definition) is 3. The highest BCUT2D eigenvalue weighted by molar-refractivity contribution is 14.0. The number of nitrogens with zero attached hydrogens (tertiary/aromatic N) is 2. The van der Waals surface area contributed by atoms with Crippen LogP contribution in [0.4, 0.5) is 0 Å². The van der Waals surface area contributed by atoms with Gasteiger partial charge in [0.25, 0.3) is 0 Å². The van der Waals surface area contributed by atoms with Crippen molar-refractivity contribution in [1.29, 1.82) is 0 Å². The summed E-state index contributed by atoms with van der Waals surface area (Å²) in [7, 11) is 1.68. The van der Waals surface area contributed by atoms with E-state index in [2.05, 4.69) is 58.5 Å². The molecule has 0 radical (unpaired) electrons. The number of guanidine groups is 1. The molecule has 0 atom stereocenters. The van der Waals surface area contributed by atoms with Gasteiger partial charge in [-0.3, -0.25) is 4.99 Å². The van der Waals surface area contributed by atoms with Crippen LogP contribution in [0, 0.1) is 0 Å². The molecule has 1 fully saturated rings. The minimum absolute atomic E-state index is 0. The highest BCUT2D eigenvalue weighted by atomic mass is 127. The number of rotatable bonds is 8. The number of piperidine rings is 1. The van der Waals surface area contributed by atoms with Gasteiger partial charge < -0.3 is 19.7 Å². The second-order valence-corrected chi connectivity index (χ2v) is 6.04. The number of halogens is 1. The lowest BCUT2D eigenvalue weighted by Crippen LogP contribution is -2.44. The van der Waals surface area contributed by atoms with Gasteiger partial charge in [0.05, 0.1) is 26.4 Å². The molecule has 1 saturated heterocycles. The number of benzene rings is 1. The van der Waals surface area contributed by atoms with Gasteiger partial charge in [0, 0.05) is 26.7 Å². The van der Waals surface area contributed by atoms with Crippen molar-refractivity contribution in [3.8, 4) is 0 Å². The molecule has 6 heteroatoms. The van der Waals surface area contributed by atoms with Crippen molar-refractivity contribution >= 4 is 36.0 Å². The smallest absolute Gasteiger partial charge is 0.194 e. The predicted octanol–water partition coefficient (Wildman–Crippen LogP) is 3.41. The molecule has 1 aromatic rings. The first kappa shape index (κ1) is 22.9. The molecule has 2 rings (SSSR count). The van der Waals surface area contributed by atoms with E-state index in [0.29, 0.717) is 26.4 Å². The molecular formula is C20H32IN3O2. The van der Waals surface area contributed by atoms with Crippen LogP contribution in [-0.4, -0.2) is 64.0 Å². The molecule has 0 saturated carbocycles. The molecule has 0 aliphatic carbocycles. The molecule has 0 bridgehead atoms. The van der Waals surface area contributed by atoms with E-state index in [9.17, 15) is 0 Å². The number of hydrogen-bond donors (Lipinski definition) is 1. The van der Waals surface area contributed by atoms with Crippen LogP contribution >= 0.6 is 24.0 Å². The van der Waals surface area contributed by atoms with E-state index < -0.39 is 0 Å². The average Bonchev–Trinajstić information content (AvgIpc) is 2.65. The van der Waals surface area contributed by atoms with E-state index in [-0.39, 0.29) is 24.0 Å². The molecule has 146 valence electrons.